The zero-order valence-corrected chi connectivity index (χ0v) is 18.6. The van der Waals surface area contributed by atoms with Crippen LogP contribution in [0.2, 0.25) is 0 Å². The van der Waals surface area contributed by atoms with Crippen LogP contribution < -0.4 is 0 Å². The summed E-state index contributed by atoms with van der Waals surface area (Å²) in [6.45, 7) is 6.67. The van der Waals surface area contributed by atoms with E-state index in [1.807, 2.05) is 42.5 Å². The Morgan fingerprint density at radius 3 is 2.24 bits per heavy atom. The van der Waals surface area contributed by atoms with E-state index in [2.05, 4.69) is 66.0 Å². The van der Waals surface area contributed by atoms with Gasteiger partial charge in [0.1, 0.15) is 6.61 Å². The molecule has 3 aromatic rings. The molecular weight excluding hydrogens is 538 g/mol. The number of aryl methyl sites for hydroxylation is 1. The average Bonchev–Trinajstić information content (AvgIpc) is 2.63. The molecule has 0 aliphatic rings. The Morgan fingerprint density at radius 1 is 0.880 bits per heavy atom. The number of halogens is 2. The van der Waals surface area contributed by atoms with E-state index < -0.39 is 0 Å². The lowest BCUT2D eigenvalue weighted by Gasteiger charge is -2.17. The summed E-state index contributed by atoms with van der Waals surface area (Å²) in [6.07, 6.45) is 0. The zero-order chi connectivity index (χ0) is 18.1. The number of carbonyl (C=O) groups excluding carboxylic acids is 1. The minimum atomic E-state index is -0.272. The third-order valence-corrected chi connectivity index (χ3v) is 6.88. The lowest BCUT2D eigenvalue weighted by Crippen LogP contribution is -2.08. The number of hydrogen-bond donors (Lipinski definition) is 0. The van der Waals surface area contributed by atoms with Crippen molar-refractivity contribution >= 4 is 61.9 Å². The van der Waals surface area contributed by atoms with Crippen molar-refractivity contribution in [1.82, 2.24) is 0 Å². The number of ether oxygens (including phenoxy) is 1. The number of carbonyl (C=O) groups is 1. The fourth-order valence-electron chi connectivity index (χ4n) is 2.96. The first kappa shape index (κ1) is 18.6. The largest absolute Gasteiger partial charge is 0.457 e. The number of benzene rings is 3. The molecule has 0 saturated heterocycles. The smallest absolute Gasteiger partial charge is 0.339 e. The Labute approximate surface area is 175 Å². The summed E-state index contributed by atoms with van der Waals surface area (Å²) in [4.78, 5) is 12.8. The van der Waals surface area contributed by atoms with Gasteiger partial charge in [-0.2, -0.15) is 0 Å². The fraction of sp³-hybridized carbons (Fsp3) is 0.190. The van der Waals surface area contributed by atoms with Gasteiger partial charge in [-0.05, 0) is 100 Å². The topological polar surface area (TPSA) is 26.3 Å². The predicted octanol–water partition coefficient (Wildman–Crippen LogP) is 6.33. The minimum absolute atomic E-state index is 0.272. The molecule has 0 aliphatic carbocycles. The fourth-order valence-corrected chi connectivity index (χ4v) is 4.78. The number of fused-ring (bicyclic) bond motifs is 1. The molecule has 3 aromatic carbocycles. The molecule has 0 radical (unpaired) electrons. The van der Waals surface area contributed by atoms with E-state index in [0.717, 1.165) is 23.5 Å². The van der Waals surface area contributed by atoms with Gasteiger partial charge in [0, 0.05) is 17.9 Å². The Bertz CT molecular complexity index is 963. The van der Waals surface area contributed by atoms with Crippen LogP contribution in [0.25, 0.3) is 10.8 Å². The maximum Gasteiger partial charge on any atom is 0.339 e. The van der Waals surface area contributed by atoms with Crippen LogP contribution in [0.3, 0.4) is 0 Å². The third kappa shape index (κ3) is 3.56. The highest BCUT2D eigenvalue weighted by Crippen LogP contribution is 2.36. The van der Waals surface area contributed by atoms with E-state index in [0.29, 0.717) is 5.56 Å². The first-order valence-electron chi connectivity index (χ1n) is 8.00. The van der Waals surface area contributed by atoms with Gasteiger partial charge in [0.2, 0.25) is 0 Å². The van der Waals surface area contributed by atoms with Crippen molar-refractivity contribution in [3.8, 4) is 0 Å². The van der Waals surface area contributed by atoms with Crippen LogP contribution in [0, 0.1) is 27.9 Å². The van der Waals surface area contributed by atoms with Crippen molar-refractivity contribution in [2.75, 3.05) is 0 Å². The Hall–Kier alpha value is -1.15. The quantitative estimate of drug-likeness (QED) is 0.279. The molecule has 0 aromatic heterocycles. The van der Waals surface area contributed by atoms with Gasteiger partial charge in [0.15, 0.2) is 0 Å². The van der Waals surface area contributed by atoms with Crippen LogP contribution in [0.5, 0.6) is 0 Å². The van der Waals surface area contributed by atoms with Gasteiger partial charge >= 0.3 is 5.97 Å². The van der Waals surface area contributed by atoms with E-state index in [1.165, 1.54) is 16.7 Å². The van der Waals surface area contributed by atoms with Gasteiger partial charge < -0.3 is 4.74 Å². The lowest BCUT2D eigenvalue weighted by molar-refractivity contribution is 0.0475. The second-order valence-electron chi connectivity index (χ2n) is 6.10. The molecule has 0 bridgehead atoms. The van der Waals surface area contributed by atoms with Crippen molar-refractivity contribution in [2.24, 2.45) is 0 Å². The maximum absolute atomic E-state index is 12.8. The van der Waals surface area contributed by atoms with Gasteiger partial charge in [-0.1, -0.05) is 30.3 Å². The number of esters is 1. The van der Waals surface area contributed by atoms with Crippen LogP contribution in [0.1, 0.15) is 32.6 Å². The van der Waals surface area contributed by atoms with Gasteiger partial charge in [-0.25, -0.2) is 4.79 Å². The van der Waals surface area contributed by atoms with E-state index in [9.17, 15) is 4.79 Å². The summed E-state index contributed by atoms with van der Waals surface area (Å²) in [5.41, 5.74) is 5.37. The molecule has 0 saturated carbocycles. The summed E-state index contributed by atoms with van der Waals surface area (Å²) >= 11 is 4.69. The maximum atomic E-state index is 12.8. The van der Waals surface area contributed by atoms with Crippen molar-refractivity contribution in [3.63, 3.8) is 0 Å². The normalized spacial score (nSPS) is 10.9. The van der Waals surface area contributed by atoms with E-state index in [4.69, 9.17) is 4.74 Å². The molecule has 0 aliphatic heterocycles. The minimum Gasteiger partial charge on any atom is -0.457 e. The number of hydrogen-bond acceptors (Lipinski definition) is 2. The predicted molar refractivity (Wildman–Crippen MR) is 119 cm³/mol. The zero-order valence-electron chi connectivity index (χ0n) is 14.3. The molecule has 4 heteroatoms. The molecule has 3 rings (SSSR count). The van der Waals surface area contributed by atoms with Crippen LogP contribution in [0.15, 0.2) is 42.5 Å². The molecule has 0 spiro atoms. The van der Waals surface area contributed by atoms with Crippen molar-refractivity contribution < 1.29 is 9.53 Å². The van der Waals surface area contributed by atoms with Crippen LogP contribution >= 0.6 is 45.2 Å². The third-order valence-electron chi connectivity index (χ3n) is 4.64. The molecule has 25 heavy (non-hydrogen) atoms. The van der Waals surface area contributed by atoms with Gasteiger partial charge in [-0.15, -0.1) is 0 Å². The van der Waals surface area contributed by atoms with Crippen molar-refractivity contribution in [3.05, 3.63) is 77.4 Å². The SMILES string of the molecule is Cc1c(C)c(I)c2c(C(=O)OCc3ccccc3)ccc(I)c2c1C. The molecule has 2 nitrogen and oxygen atoms in total. The number of rotatable bonds is 3. The summed E-state index contributed by atoms with van der Waals surface area (Å²) in [7, 11) is 0. The first-order chi connectivity index (χ1) is 11.9. The van der Waals surface area contributed by atoms with Crippen molar-refractivity contribution in [2.45, 2.75) is 27.4 Å². The summed E-state index contributed by atoms with van der Waals surface area (Å²) in [5.74, 6) is -0.272. The molecule has 0 fully saturated rings. The monoisotopic (exact) mass is 556 g/mol. The average molecular weight is 556 g/mol. The van der Waals surface area contributed by atoms with Crippen LogP contribution in [-0.2, 0) is 11.3 Å². The standard InChI is InChI=1S/C21H18I2O2/c1-12-13(2)18-17(22)10-9-16(19(18)20(23)14(12)3)21(24)25-11-15-7-5-4-6-8-15/h4-10H,11H2,1-3H3. The van der Waals surface area contributed by atoms with E-state index >= 15 is 0 Å². The van der Waals surface area contributed by atoms with E-state index in [-0.39, 0.29) is 12.6 Å². The molecule has 0 heterocycles. The van der Waals surface area contributed by atoms with Crippen molar-refractivity contribution in [1.29, 1.82) is 0 Å². The van der Waals surface area contributed by atoms with Crippen LogP contribution in [0.4, 0.5) is 0 Å². The Morgan fingerprint density at radius 2 is 1.56 bits per heavy atom. The highest BCUT2D eigenvalue weighted by molar-refractivity contribution is 14.1. The lowest BCUT2D eigenvalue weighted by atomic mass is 9.94. The Kier molecular flexibility index (Phi) is 5.68. The van der Waals surface area contributed by atoms with Gasteiger partial charge in [-0.3, -0.25) is 0 Å². The van der Waals surface area contributed by atoms with Crippen LogP contribution in [-0.4, -0.2) is 5.97 Å². The molecular formula is C21H18I2O2. The molecule has 0 amide bonds. The summed E-state index contributed by atoms with van der Waals surface area (Å²) < 4.78 is 7.87. The highest BCUT2D eigenvalue weighted by Gasteiger charge is 2.20. The second kappa shape index (κ2) is 7.61. The van der Waals surface area contributed by atoms with Gasteiger partial charge in [0.05, 0.1) is 5.56 Å². The molecule has 0 atom stereocenters. The summed E-state index contributed by atoms with van der Waals surface area (Å²) in [5, 5.41) is 2.16. The molecule has 0 N–H and O–H groups in total. The molecule has 128 valence electrons. The first-order valence-corrected chi connectivity index (χ1v) is 10.2. The summed E-state index contributed by atoms with van der Waals surface area (Å²) in [6, 6.07) is 13.6. The van der Waals surface area contributed by atoms with Gasteiger partial charge in [0.25, 0.3) is 0 Å². The second-order valence-corrected chi connectivity index (χ2v) is 8.34. The van der Waals surface area contributed by atoms with E-state index in [1.54, 1.807) is 0 Å². The molecule has 0 unspecified atom stereocenters. The highest BCUT2D eigenvalue weighted by atomic mass is 127. The Balaban J connectivity index is 2.07.